The van der Waals surface area contributed by atoms with Crippen LogP contribution in [-0.4, -0.2) is 59.2 Å². The quantitative estimate of drug-likeness (QED) is 0.445. The van der Waals surface area contributed by atoms with Gasteiger partial charge in [-0.05, 0) is 6.92 Å². The predicted molar refractivity (Wildman–Crippen MR) is 52.0 cm³/mol. The number of hydrogen-bond donors (Lipinski definition) is 4. The summed E-state index contributed by atoms with van der Waals surface area (Å²) in [6.45, 7) is 1.75. The van der Waals surface area contributed by atoms with Gasteiger partial charge in [0.15, 0.2) is 6.29 Å². The first-order chi connectivity index (χ1) is 7.04. The molecule has 1 rings (SSSR count). The van der Waals surface area contributed by atoms with Crippen LogP contribution in [0.15, 0.2) is 0 Å². The van der Waals surface area contributed by atoms with Crippen LogP contribution in [0.25, 0.3) is 0 Å². The zero-order valence-corrected chi connectivity index (χ0v) is 8.74. The first kappa shape index (κ1) is 12.8. The van der Waals surface area contributed by atoms with E-state index in [9.17, 15) is 10.2 Å². The van der Waals surface area contributed by atoms with Gasteiger partial charge in [-0.15, -0.1) is 0 Å². The van der Waals surface area contributed by atoms with Crippen molar-refractivity contribution in [3.05, 3.63) is 0 Å². The third-order valence-corrected chi connectivity index (χ3v) is 2.26. The number of rotatable bonds is 4. The van der Waals surface area contributed by atoms with Crippen molar-refractivity contribution in [3.63, 3.8) is 0 Å². The summed E-state index contributed by atoms with van der Waals surface area (Å²) in [5.74, 6) is 0. The fourth-order valence-electron chi connectivity index (χ4n) is 1.43. The zero-order chi connectivity index (χ0) is 11.4. The van der Waals surface area contributed by atoms with Gasteiger partial charge in [-0.1, -0.05) is 0 Å². The largest absolute Gasteiger partial charge is 0.394 e. The van der Waals surface area contributed by atoms with Gasteiger partial charge in [0, 0.05) is 12.5 Å². The van der Waals surface area contributed by atoms with Crippen LogP contribution >= 0.6 is 0 Å². The lowest BCUT2D eigenvalue weighted by Crippen LogP contribution is -2.50. The third kappa shape index (κ3) is 3.67. The Labute approximate surface area is 88.6 Å². The van der Waals surface area contributed by atoms with Gasteiger partial charge in [-0.25, -0.2) is 0 Å². The molecule has 5 atom stereocenters. The number of aliphatic hydroxyl groups excluding tert-OH is 3. The molecule has 1 aliphatic rings. The van der Waals surface area contributed by atoms with E-state index in [-0.39, 0.29) is 19.1 Å². The molecule has 0 aromatic carbocycles. The maximum atomic E-state index is 9.46. The molecule has 90 valence electrons. The summed E-state index contributed by atoms with van der Waals surface area (Å²) in [7, 11) is 0. The first-order valence-electron chi connectivity index (χ1n) is 5.04. The van der Waals surface area contributed by atoms with E-state index < -0.39 is 24.6 Å². The summed E-state index contributed by atoms with van der Waals surface area (Å²) in [5.41, 5.74) is 5.50. The SMILES string of the molecule is CC(N)COC1C[C@@H](O)[C@H](O)[C@@H](CO)O1. The maximum Gasteiger partial charge on any atom is 0.160 e. The Hall–Kier alpha value is -0.240. The highest BCUT2D eigenvalue weighted by Gasteiger charge is 2.36. The van der Waals surface area contributed by atoms with E-state index in [2.05, 4.69) is 0 Å². The fraction of sp³-hybridized carbons (Fsp3) is 1.00. The Morgan fingerprint density at radius 2 is 2.20 bits per heavy atom. The molecule has 2 unspecified atom stereocenters. The predicted octanol–water partition coefficient (Wildman–Crippen LogP) is -1.82. The van der Waals surface area contributed by atoms with Gasteiger partial charge in [0.05, 0.1) is 19.3 Å². The molecular weight excluding hydrogens is 202 g/mol. The average molecular weight is 221 g/mol. The fourth-order valence-corrected chi connectivity index (χ4v) is 1.43. The van der Waals surface area contributed by atoms with Crippen molar-refractivity contribution < 1.29 is 24.8 Å². The molecule has 6 heteroatoms. The summed E-state index contributed by atoms with van der Waals surface area (Å²) in [5, 5.41) is 27.8. The van der Waals surface area contributed by atoms with Crippen LogP contribution in [0.3, 0.4) is 0 Å². The molecule has 0 amide bonds. The van der Waals surface area contributed by atoms with Gasteiger partial charge in [0.1, 0.15) is 12.2 Å². The highest BCUT2D eigenvalue weighted by molar-refractivity contribution is 4.82. The molecule has 0 bridgehead atoms. The molecule has 0 aromatic heterocycles. The third-order valence-electron chi connectivity index (χ3n) is 2.26. The molecule has 6 nitrogen and oxygen atoms in total. The van der Waals surface area contributed by atoms with Gasteiger partial charge in [-0.2, -0.15) is 0 Å². The molecule has 1 aliphatic heterocycles. The Morgan fingerprint density at radius 1 is 1.53 bits per heavy atom. The van der Waals surface area contributed by atoms with Crippen molar-refractivity contribution in [2.75, 3.05) is 13.2 Å². The topological polar surface area (TPSA) is 105 Å². The lowest BCUT2D eigenvalue weighted by atomic mass is 10.0. The lowest BCUT2D eigenvalue weighted by Gasteiger charge is -2.36. The van der Waals surface area contributed by atoms with E-state index in [1.165, 1.54) is 0 Å². The van der Waals surface area contributed by atoms with Crippen LogP contribution in [-0.2, 0) is 9.47 Å². The van der Waals surface area contributed by atoms with E-state index in [0.29, 0.717) is 6.61 Å². The molecule has 15 heavy (non-hydrogen) atoms. The van der Waals surface area contributed by atoms with Gasteiger partial charge in [-0.3, -0.25) is 0 Å². The van der Waals surface area contributed by atoms with E-state index >= 15 is 0 Å². The van der Waals surface area contributed by atoms with Crippen LogP contribution in [0.1, 0.15) is 13.3 Å². The van der Waals surface area contributed by atoms with Crippen LogP contribution in [0.4, 0.5) is 0 Å². The second kappa shape index (κ2) is 5.74. The van der Waals surface area contributed by atoms with E-state index in [1.54, 1.807) is 6.92 Å². The van der Waals surface area contributed by atoms with Crippen molar-refractivity contribution in [1.29, 1.82) is 0 Å². The average Bonchev–Trinajstić information content (AvgIpc) is 2.19. The minimum Gasteiger partial charge on any atom is -0.394 e. The second-order valence-electron chi connectivity index (χ2n) is 3.89. The minimum absolute atomic E-state index is 0.120. The number of aliphatic hydroxyl groups is 3. The minimum atomic E-state index is -1.06. The molecule has 0 saturated carbocycles. The molecule has 0 spiro atoms. The molecule has 0 aromatic rings. The Balaban J connectivity index is 2.41. The summed E-state index contributed by atoms with van der Waals surface area (Å²) < 4.78 is 10.5. The normalized spacial score (nSPS) is 39.0. The van der Waals surface area contributed by atoms with Crippen molar-refractivity contribution in [2.24, 2.45) is 5.73 Å². The number of hydrogen-bond acceptors (Lipinski definition) is 6. The van der Waals surface area contributed by atoms with Crippen molar-refractivity contribution in [2.45, 2.75) is 44.0 Å². The second-order valence-corrected chi connectivity index (χ2v) is 3.89. The maximum absolute atomic E-state index is 9.46. The van der Waals surface area contributed by atoms with Crippen LogP contribution < -0.4 is 5.73 Å². The lowest BCUT2D eigenvalue weighted by molar-refractivity contribution is -0.257. The van der Waals surface area contributed by atoms with Gasteiger partial charge >= 0.3 is 0 Å². The molecule has 5 N–H and O–H groups in total. The molecule has 1 heterocycles. The molecular formula is C9H19NO5. The van der Waals surface area contributed by atoms with Gasteiger partial charge < -0.3 is 30.5 Å². The van der Waals surface area contributed by atoms with Crippen LogP contribution in [0.5, 0.6) is 0 Å². The first-order valence-corrected chi connectivity index (χ1v) is 5.04. The Morgan fingerprint density at radius 3 is 2.73 bits per heavy atom. The molecule has 1 fully saturated rings. The molecule has 0 radical (unpaired) electrons. The van der Waals surface area contributed by atoms with Crippen LogP contribution in [0.2, 0.25) is 0 Å². The van der Waals surface area contributed by atoms with Gasteiger partial charge in [0.25, 0.3) is 0 Å². The van der Waals surface area contributed by atoms with E-state index in [1.807, 2.05) is 0 Å². The summed E-state index contributed by atoms with van der Waals surface area (Å²) >= 11 is 0. The zero-order valence-electron chi connectivity index (χ0n) is 8.74. The Kier molecular flexibility index (Phi) is 4.91. The summed E-state index contributed by atoms with van der Waals surface area (Å²) in [6.07, 6.45) is -3.23. The standard InChI is InChI=1S/C9H19NO5/c1-5(10)4-14-8-2-6(12)9(13)7(3-11)15-8/h5-9,11-13H,2-4,10H2,1H3/t5?,6-,7-,8?,9+/m1/s1. The summed E-state index contributed by atoms with van der Waals surface area (Å²) in [4.78, 5) is 0. The van der Waals surface area contributed by atoms with Crippen molar-refractivity contribution >= 4 is 0 Å². The molecule has 0 aliphatic carbocycles. The Bertz CT molecular complexity index is 189. The molecule has 1 saturated heterocycles. The van der Waals surface area contributed by atoms with Crippen molar-refractivity contribution in [1.82, 2.24) is 0 Å². The van der Waals surface area contributed by atoms with Crippen molar-refractivity contribution in [3.8, 4) is 0 Å². The van der Waals surface area contributed by atoms with E-state index in [4.69, 9.17) is 20.3 Å². The van der Waals surface area contributed by atoms with E-state index in [0.717, 1.165) is 0 Å². The van der Waals surface area contributed by atoms with Gasteiger partial charge in [0.2, 0.25) is 0 Å². The highest BCUT2D eigenvalue weighted by Crippen LogP contribution is 2.20. The number of ether oxygens (including phenoxy) is 2. The van der Waals surface area contributed by atoms with Crippen LogP contribution in [0, 0.1) is 0 Å². The number of nitrogens with two attached hydrogens (primary N) is 1. The summed E-state index contributed by atoms with van der Waals surface area (Å²) in [6, 6.07) is -0.120. The smallest absolute Gasteiger partial charge is 0.160 e. The monoisotopic (exact) mass is 221 g/mol. The highest BCUT2D eigenvalue weighted by atomic mass is 16.7.